The Morgan fingerprint density at radius 2 is 1.83 bits per heavy atom. The summed E-state index contributed by atoms with van der Waals surface area (Å²) in [6.45, 7) is 3.81. The van der Waals surface area contributed by atoms with Crippen molar-refractivity contribution in [3.63, 3.8) is 0 Å². The molecule has 8 nitrogen and oxygen atoms in total. The van der Waals surface area contributed by atoms with Crippen LogP contribution in [-0.2, 0) is 11.2 Å². The normalized spacial score (nSPS) is 16.0. The Bertz CT molecular complexity index is 990. The molecule has 0 amide bonds. The largest absolute Gasteiger partial charge is 0.481 e. The van der Waals surface area contributed by atoms with E-state index in [4.69, 9.17) is 19.4 Å². The SMILES string of the molecule is COc1ccc(-c2nc(N3CCOCC3)nc3c2CCN3c2ccncc2)cn1. The summed E-state index contributed by atoms with van der Waals surface area (Å²) in [5.41, 5.74) is 4.13. The highest BCUT2D eigenvalue weighted by Crippen LogP contribution is 2.39. The minimum Gasteiger partial charge on any atom is -0.481 e. The molecule has 2 aliphatic rings. The molecular weight excluding hydrogens is 368 g/mol. The van der Waals surface area contributed by atoms with Crippen molar-refractivity contribution in [3.8, 4) is 17.1 Å². The first-order valence-electron chi connectivity index (χ1n) is 9.75. The van der Waals surface area contributed by atoms with Crippen molar-refractivity contribution >= 4 is 17.5 Å². The Morgan fingerprint density at radius 3 is 2.55 bits per heavy atom. The van der Waals surface area contributed by atoms with Crippen LogP contribution in [0.1, 0.15) is 5.56 Å². The Balaban J connectivity index is 1.62. The number of hydrogen-bond acceptors (Lipinski definition) is 8. The number of hydrogen-bond donors (Lipinski definition) is 0. The van der Waals surface area contributed by atoms with Gasteiger partial charge in [-0.05, 0) is 24.6 Å². The highest BCUT2D eigenvalue weighted by Gasteiger charge is 2.29. The molecule has 5 heterocycles. The zero-order chi connectivity index (χ0) is 19.6. The average molecular weight is 390 g/mol. The molecule has 0 N–H and O–H groups in total. The zero-order valence-corrected chi connectivity index (χ0v) is 16.3. The monoisotopic (exact) mass is 390 g/mol. The average Bonchev–Trinajstić information content (AvgIpc) is 3.24. The predicted molar refractivity (Wildman–Crippen MR) is 110 cm³/mol. The van der Waals surface area contributed by atoms with Crippen LogP contribution < -0.4 is 14.5 Å². The number of nitrogens with zero attached hydrogens (tertiary/aromatic N) is 6. The van der Waals surface area contributed by atoms with Gasteiger partial charge in [0.05, 0.1) is 26.0 Å². The molecule has 0 bridgehead atoms. The van der Waals surface area contributed by atoms with Crippen molar-refractivity contribution in [3.05, 3.63) is 48.4 Å². The van der Waals surface area contributed by atoms with E-state index in [1.54, 1.807) is 7.11 Å². The molecule has 1 saturated heterocycles. The molecule has 0 aromatic carbocycles. The number of pyridine rings is 2. The lowest BCUT2D eigenvalue weighted by Crippen LogP contribution is -2.37. The highest BCUT2D eigenvalue weighted by molar-refractivity contribution is 5.76. The van der Waals surface area contributed by atoms with Gasteiger partial charge in [0.25, 0.3) is 0 Å². The van der Waals surface area contributed by atoms with Crippen LogP contribution >= 0.6 is 0 Å². The molecule has 0 atom stereocenters. The summed E-state index contributed by atoms with van der Waals surface area (Å²) in [4.78, 5) is 22.9. The molecule has 148 valence electrons. The first kappa shape index (κ1) is 17.8. The lowest BCUT2D eigenvalue weighted by atomic mass is 10.1. The van der Waals surface area contributed by atoms with Crippen molar-refractivity contribution in [1.29, 1.82) is 0 Å². The standard InChI is InChI=1S/C21H22N6O2/c1-28-18-3-2-15(14-23-18)19-17-6-9-27(16-4-7-22-8-5-16)20(17)25-21(24-19)26-10-12-29-13-11-26/h2-5,7-8,14H,6,9-13H2,1H3. The Morgan fingerprint density at radius 1 is 1.00 bits per heavy atom. The van der Waals surface area contributed by atoms with Gasteiger partial charge in [0.1, 0.15) is 5.82 Å². The van der Waals surface area contributed by atoms with Crippen molar-refractivity contribution in [2.75, 3.05) is 49.8 Å². The van der Waals surface area contributed by atoms with Gasteiger partial charge in [-0.1, -0.05) is 0 Å². The van der Waals surface area contributed by atoms with Gasteiger partial charge in [-0.25, -0.2) is 9.97 Å². The fourth-order valence-corrected chi connectivity index (χ4v) is 3.80. The van der Waals surface area contributed by atoms with Crippen molar-refractivity contribution in [1.82, 2.24) is 19.9 Å². The highest BCUT2D eigenvalue weighted by atomic mass is 16.5. The van der Waals surface area contributed by atoms with E-state index >= 15 is 0 Å². The van der Waals surface area contributed by atoms with Crippen LogP contribution in [0, 0.1) is 0 Å². The number of fused-ring (bicyclic) bond motifs is 1. The second-order valence-corrected chi connectivity index (χ2v) is 6.97. The van der Waals surface area contributed by atoms with E-state index in [9.17, 15) is 0 Å². The van der Waals surface area contributed by atoms with Crippen molar-refractivity contribution < 1.29 is 9.47 Å². The number of methoxy groups -OCH3 is 1. The Kier molecular flexibility index (Phi) is 4.69. The van der Waals surface area contributed by atoms with Gasteiger partial charge in [0, 0.05) is 61.1 Å². The minimum atomic E-state index is 0.589. The molecule has 5 rings (SSSR count). The van der Waals surface area contributed by atoms with Gasteiger partial charge in [-0.2, -0.15) is 4.98 Å². The zero-order valence-electron chi connectivity index (χ0n) is 16.3. The second-order valence-electron chi connectivity index (χ2n) is 6.97. The first-order chi connectivity index (χ1) is 14.3. The Hall–Kier alpha value is -3.26. The summed E-state index contributed by atoms with van der Waals surface area (Å²) < 4.78 is 10.7. The van der Waals surface area contributed by atoms with Crippen LogP contribution in [0.4, 0.5) is 17.5 Å². The number of ether oxygens (including phenoxy) is 2. The smallest absolute Gasteiger partial charge is 0.228 e. The summed E-state index contributed by atoms with van der Waals surface area (Å²) in [5.74, 6) is 2.28. The van der Waals surface area contributed by atoms with Crippen LogP contribution in [0.25, 0.3) is 11.3 Å². The maximum absolute atomic E-state index is 5.51. The van der Waals surface area contributed by atoms with Gasteiger partial charge in [-0.15, -0.1) is 0 Å². The second kappa shape index (κ2) is 7.63. The van der Waals surface area contributed by atoms with Gasteiger partial charge >= 0.3 is 0 Å². The molecule has 0 unspecified atom stereocenters. The van der Waals surface area contributed by atoms with E-state index in [0.717, 1.165) is 60.3 Å². The maximum Gasteiger partial charge on any atom is 0.228 e. The fraction of sp³-hybridized carbons (Fsp3) is 0.333. The summed E-state index contributed by atoms with van der Waals surface area (Å²) in [6.07, 6.45) is 6.32. The van der Waals surface area contributed by atoms with Crippen LogP contribution in [0.2, 0.25) is 0 Å². The quantitative estimate of drug-likeness (QED) is 0.673. The third kappa shape index (κ3) is 3.36. The van der Waals surface area contributed by atoms with Gasteiger partial charge in [-0.3, -0.25) is 4.98 Å². The van der Waals surface area contributed by atoms with Gasteiger partial charge < -0.3 is 19.3 Å². The molecule has 8 heteroatoms. The van der Waals surface area contributed by atoms with E-state index < -0.39 is 0 Å². The van der Waals surface area contributed by atoms with Gasteiger partial charge in [0.2, 0.25) is 11.8 Å². The molecule has 0 aliphatic carbocycles. The predicted octanol–water partition coefficient (Wildman–Crippen LogP) is 2.47. The van der Waals surface area contributed by atoms with E-state index in [1.165, 1.54) is 0 Å². The summed E-state index contributed by atoms with van der Waals surface area (Å²) >= 11 is 0. The number of anilines is 3. The lowest BCUT2D eigenvalue weighted by molar-refractivity contribution is 0.122. The topological polar surface area (TPSA) is 76.5 Å². The van der Waals surface area contributed by atoms with E-state index in [0.29, 0.717) is 19.1 Å². The number of rotatable bonds is 4. The van der Waals surface area contributed by atoms with E-state index in [1.807, 2.05) is 42.9 Å². The molecule has 2 aliphatic heterocycles. The van der Waals surface area contributed by atoms with Crippen molar-refractivity contribution in [2.24, 2.45) is 0 Å². The minimum absolute atomic E-state index is 0.589. The first-order valence-corrected chi connectivity index (χ1v) is 9.75. The van der Waals surface area contributed by atoms with E-state index in [2.05, 4.69) is 19.8 Å². The molecule has 0 radical (unpaired) electrons. The maximum atomic E-state index is 5.51. The summed E-state index contributed by atoms with van der Waals surface area (Å²) in [5, 5.41) is 0. The van der Waals surface area contributed by atoms with E-state index in [-0.39, 0.29) is 0 Å². The van der Waals surface area contributed by atoms with Crippen molar-refractivity contribution in [2.45, 2.75) is 6.42 Å². The lowest BCUT2D eigenvalue weighted by Gasteiger charge is -2.28. The Labute approximate surface area is 169 Å². The molecule has 3 aromatic heterocycles. The third-order valence-electron chi connectivity index (χ3n) is 5.30. The van der Waals surface area contributed by atoms with Crippen LogP contribution in [-0.4, -0.2) is 59.9 Å². The molecule has 29 heavy (non-hydrogen) atoms. The van der Waals surface area contributed by atoms with Crippen LogP contribution in [0.3, 0.4) is 0 Å². The fourth-order valence-electron chi connectivity index (χ4n) is 3.80. The molecule has 0 saturated carbocycles. The molecule has 1 fully saturated rings. The van der Waals surface area contributed by atoms with Crippen LogP contribution in [0.5, 0.6) is 5.88 Å². The summed E-state index contributed by atoms with van der Waals surface area (Å²) in [7, 11) is 1.62. The molecular formula is C21H22N6O2. The third-order valence-corrected chi connectivity index (χ3v) is 5.30. The van der Waals surface area contributed by atoms with Gasteiger partial charge in [0.15, 0.2) is 0 Å². The molecule has 3 aromatic rings. The number of morpholine rings is 1. The summed E-state index contributed by atoms with van der Waals surface area (Å²) in [6, 6.07) is 7.90. The van der Waals surface area contributed by atoms with Crippen LogP contribution in [0.15, 0.2) is 42.9 Å². The molecule has 0 spiro atoms. The number of aromatic nitrogens is 4.